The summed E-state index contributed by atoms with van der Waals surface area (Å²) in [5.41, 5.74) is 0.733. The Bertz CT molecular complexity index is 628. The first kappa shape index (κ1) is 16.4. The van der Waals surface area contributed by atoms with Crippen molar-refractivity contribution in [3.63, 3.8) is 0 Å². The molecule has 0 heterocycles. The molecule has 0 unspecified atom stereocenters. The van der Waals surface area contributed by atoms with Gasteiger partial charge in [0.05, 0.1) is 7.11 Å². The maximum Gasteiger partial charge on any atom is 0.265 e. The first-order chi connectivity index (χ1) is 10.6. The summed E-state index contributed by atoms with van der Waals surface area (Å²) in [6, 6.07) is 14.6. The summed E-state index contributed by atoms with van der Waals surface area (Å²) in [6.07, 6.45) is 0.0265. The molecule has 2 aromatic carbocycles. The van der Waals surface area contributed by atoms with E-state index in [2.05, 4.69) is 21.2 Å². The van der Waals surface area contributed by atoms with Crippen LogP contribution in [-0.4, -0.2) is 19.1 Å². The van der Waals surface area contributed by atoms with Gasteiger partial charge in [-0.25, -0.2) is 0 Å². The van der Waals surface area contributed by atoms with Crippen LogP contribution in [0.4, 0.5) is 5.69 Å². The summed E-state index contributed by atoms with van der Waals surface area (Å²) in [6.45, 7) is 1.91. The van der Waals surface area contributed by atoms with E-state index in [-0.39, 0.29) is 5.91 Å². The number of amides is 1. The van der Waals surface area contributed by atoms with Gasteiger partial charge >= 0.3 is 0 Å². The summed E-state index contributed by atoms with van der Waals surface area (Å²) < 4.78 is 11.8. The smallest absolute Gasteiger partial charge is 0.265 e. The lowest BCUT2D eigenvalue weighted by molar-refractivity contribution is -0.122. The highest BCUT2D eigenvalue weighted by Crippen LogP contribution is 2.20. The fourth-order valence-corrected chi connectivity index (χ4v) is 2.33. The number of hydrogen-bond donors (Lipinski definition) is 1. The van der Waals surface area contributed by atoms with Crippen molar-refractivity contribution in [3.8, 4) is 11.5 Å². The molecule has 0 saturated carbocycles. The number of halogens is 1. The number of nitrogens with one attached hydrogen (secondary N) is 1. The van der Waals surface area contributed by atoms with E-state index in [4.69, 9.17) is 9.47 Å². The minimum Gasteiger partial charge on any atom is -0.497 e. The van der Waals surface area contributed by atoms with Crippen molar-refractivity contribution < 1.29 is 14.3 Å². The summed E-state index contributed by atoms with van der Waals surface area (Å²) in [4.78, 5) is 12.3. The van der Waals surface area contributed by atoms with Gasteiger partial charge in [-0.15, -0.1) is 0 Å². The Balaban J connectivity index is 2.02. The van der Waals surface area contributed by atoms with Gasteiger partial charge in [0.2, 0.25) is 0 Å². The highest BCUT2D eigenvalue weighted by Gasteiger charge is 2.18. The molecular weight excluding hydrogens is 346 g/mol. The van der Waals surface area contributed by atoms with Crippen LogP contribution in [0.5, 0.6) is 11.5 Å². The molecular formula is C17H18BrNO3. The fraction of sp³-hybridized carbons (Fsp3) is 0.235. The van der Waals surface area contributed by atoms with Gasteiger partial charge < -0.3 is 14.8 Å². The third-order valence-electron chi connectivity index (χ3n) is 3.09. The van der Waals surface area contributed by atoms with Crippen molar-refractivity contribution in [1.29, 1.82) is 0 Å². The third-order valence-corrected chi connectivity index (χ3v) is 3.59. The van der Waals surface area contributed by atoms with Crippen LogP contribution in [0.3, 0.4) is 0 Å². The minimum atomic E-state index is -0.549. The predicted octanol–water partition coefficient (Wildman–Crippen LogP) is 4.25. The van der Waals surface area contributed by atoms with E-state index in [1.54, 1.807) is 31.4 Å². The van der Waals surface area contributed by atoms with Gasteiger partial charge in [-0.3, -0.25) is 4.79 Å². The Morgan fingerprint density at radius 3 is 2.45 bits per heavy atom. The highest BCUT2D eigenvalue weighted by molar-refractivity contribution is 9.10. The molecule has 2 rings (SSSR count). The van der Waals surface area contributed by atoms with Gasteiger partial charge in [0.25, 0.3) is 5.91 Å². The summed E-state index contributed by atoms with van der Waals surface area (Å²) >= 11 is 3.38. The van der Waals surface area contributed by atoms with E-state index in [9.17, 15) is 4.79 Å². The molecule has 5 heteroatoms. The molecule has 0 aromatic heterocycles. The largest absolute Gasteiger partial charge is 0.497 e. The zero-order valence-electron chi connectivity index (χ0n) is 12.5. The summed E-state index contributed by atoms with van der Waals surface area (Å²) in [5, 5.41) is 2.86. The second-order valence-corrected chi connectivity index (χ2v) is 5.61. The van der Waals surface area contributed by atoms with Crippen molar-refractivity contribution in [2.45, 2.75) is 19.4 Å². The average Bonchev–Trinajstić information content (AvgIpc) is 2.53. The fourth-order valence-electron chi connectivity index (χ4n) is 1.93. The van der Waals surface area contributed by atoms with Crippen molar-refractivity contribution in [2.75, 3.05) is 12.4 Å². The van der Waals surface area contributed by atoms with E-state index in [1.165, 1.54) is 0 Å². The van der Waals surface area contributed by atoms with Gasteiger partial charge in [-0.2, -0.15) is 0 Å². The second-order valence-electron chi connectivity index (χ2n) is 4.69. The Morgan fingerprint density at radius 1 is 1.18 bits per heavy atom. The first-order valence-electron chi connectivity index (χ1n) is 6.99. The average molecular weight is 364 g/mol. The van der Waals surface area contributed by atoms with Crippen LogP contribution in [0.1, 0.15) is 13.3 Å². The van der Waals surface area contributed by atoms with Crippen LogP contribution in [0, 0.1) is 0 Å². The van der Waals surface area contributed by atoms with E-state index in [0.717, 1.165) is 15.9 Å². The number of ether oxygens (including phenoxy) is 2. The van der Waals surface area contributed by atoms with Crippen molar-refractivity contribution >= 4 is 27.5 Å². The molecule has 0 aliphatic rings. The second kappa shape index (κ2) is 7.84. The molecule has 116 valence electrons. The molecule has 1 N–H and O–H groups in total. The SMILES string of the molecule is CC[C@@H](Oc1ccc(OC)cc1)C(=O)Nc1cccc(Br)c1. The Morgan fingerprint density at radius 2 is 1.86 bits per heavy atom. The number of carbonyl (C=O) groups excluding carboxylic acids is 1. The van der Waals surface area contributed by atoms with Crippen LogP contribution < -0.4 is 14.8 Å². The quantitative estimate of drug-likeness (QED) is 0.834. The van der Waals surface area contributed by atoms with E-state index < -0.39 is 6.10 Å². The van der Waals surface area contributed by atoms with Gasteiger partial charge in [0.15, 0.2) is 6.10 Å². The van der Waals surface area contributed by atoms with E-state index in [0.29, 0.717) is 12.2 Å². The molecule has 0 saturated heterocycles. The molecule has 0 radical (unpaired) electrons. The Hall–Kier alpha value is -2.01. The summed E-state index contributed by atoms with van der Waals surface area (Å²) in [7, 11) is 1.61. The van der Waals surface area contributed by atoms with E-state index in [1.807, 2.05) is 31.2 Å². The van der Waals surface area contributed by atoms with Gasteiger partial charge in [-0.05, 0) is 48.9 Å². The van der Waals surface area contributed by atoms with Crippen molar-refractivity contribution in [3.05, 3.63) is 53.0 Å². The monoisotopic (exact) mass is 363 g/mol. The number of benzene rings is 2. The van der Waals surface area contributed by atoms with Crippen molar-refractivity contribution in [2.24, 2.45) is 0 Å². The topological polar surface area (TPSA) is 47.6 Å². The normalized spacial score (nSPS) is 11.6. The first-order valence-corrected chi connectivity index (χ1v) is 7.79. The lowest BCUT2D eigenvalue weighted by atomic mass is 10.2. The van der Waals surface area contributed by atoms with Crippen LogP contribution in [0.15, 0.2) is 53.0 Å². The molecule has 0 fully saturated rings. The number of anilines is 1. The van der Waals surface area contributed by atoms with Crippen molar-refractivity contribution in [1.82, 2.24) is 0 Å². The highest BCUT2D eigenvalue weighted by atomic mass is 79.9. The molecule has 2 aromatic rings. The summed E-state index contributed by atoms with van der Waals surface area (Å²) in [5.74, 6) is 1.22. The number of carbonyl (C=O) groups is 1. The molecule has 4 nitrogen and oxygen atoms in total. The Kier molecular flexibility index (Phi) is 5.83. The minimum absolute atomic E-state index is 0.170. The molecule has 0 spiro atoms. The van der Waals surface area contributed by atoms with Gasteiger partial charge in [0.1, 0.15) is 11.5 Å². The number of methoxy groups -OCH3 is 1. The molecule has 0 bridgehead atoms. The number of rotatable bonds is 6. The molecule has 0 aliphatic carbocycles. The Labute approximate surface area is 138 Å². The lowest BCUT2D eigenvalue weighted by Gasteiger charge is -2.17. The maximum absolute atomic E-state index is 12.3. The van der Waals surface area contributed by atoms with Gasteiger partial charge in [-0.1, -0.05) is 28.9 Å². The molecule has 1 amide bonds. The van der Waals surface area contributed by atoms with Crippen LogP contribution >= 0.6 is 15.9 Å². The molecule has 1 atom stereocenters. The zero-order valence-corrected chi connectivity index (χ0v) is 14.1. The van der Waals surface area contributed by atoms with Crippen LogP contribution in [-0.2, 0) is 4.79 Å². The van der Waals surface area contributed by atoms with E-state index >= 15 is 0 Å². The maximum atomic E-state index is 12.3. The van der Waals surface area contributed by atoms with Crippen LogP contribution in [0.25, 0.3) is 0 Å². The molecule has 22 heavy (non-hydrogen) atoms. The third kappa shape index (κ3) is 4.49. The standard InChI is InChI=1S/C17H18BrNO3/c1-3-16(22-15-9-7-14(21-2)8-10-15)17(20)19-13-6-4-5-12(18)11-13/h4-11,16H,3H2,1-2H3,(H,19,20)/t16-/m1/s1. The zero-order chi connectivity index (χ0) is 15.9. The predicted molar refractivity (Wildman–Crippen MR) is 90.5 cm³/mol. The van der Waals surface area contributed by atoms with Crippen LogP contribution in [0.2, 0.25) is 0 Å². The number of hydrogen-bond acceptors (Lipinski definition) is 3. The van der Waals surface area contributed by atoms with Gasteiger partial charge in [0, 0.05) is 10.2 Å². The lowest BCUT2D eigenvalue weighted by Crippen LogP contribution is -2.32. The molecule has 0 aliphatic heterocycles.